The highest BCUT2D eigenvalue weighted by molar-refractivity contribution is 7.13. The van der Waals surface area contributed by atoms with Gasteiger partial charge < -0.3 is 5.11 Å². The molecule has 0 saturated carbocycles. The summed E-state index contributed by atoms with van der Waals surface area (Å²) in [6, 6.07) is 9.70. The third kappa shape index (κ3) is 5.14. The van der Waals surface area contributed by atoms with Crippen LogP contribution in [0.4, 0.5) is 10.8 Å². The van der Waals surface area contributed by atoms with Crippen LogP contribution in [-0.2, 0) is 11.2 Å². The van der Waals surface area contributed by atoms with Crippen LogP contribution < -0.4 is 0 Å². The van der Waals surface area contributed by atoms with Crippen molar-refractivity contribution in [2.75, 3.05) is 0 Å². The summed E-state index contributed by atoms with van der Waals surface area (Å²) in [4.78, 5) is 26.4. The Balaban J connectivity index is 1.80. The number of halogens is 2. The van der Waals surface area contributed by atoms with E-state index in [1.165, 1.54) is 29.5 Å². The van der Waals surface area contributed by atoms with Gasteiger partial charge in [-0.2, -0.15) is 5.11 Å². The number of carboxylic acid groups (broad SMARTS) is 1. The number of carbonyl (C=O) groups is 1. The molecule has 1 atom stereocenters. The maximum absolute atomic E-state index is 11.5. The second-order valence-electron chi connectivity index (χ2n) is 5.80. The molecule has 3 rings (SSSR count). The number of benzene rings is 2. The predicted molar refractivity (Wildman–Crippen MR) is 110 cm³/mol. The van der Waals surface area contributed by atoms with E-state index < -0.39 is 16.9 Å². The van der Waals surface area contributed by atoms with Gasteiger partial charge in [0, 0.05) is 29.0 Å². The topological polar surface area (TPSA) is 118 Å². The zero-order valence-electron chi connectivity index (χ0n) is 14.5. The van der Waals surface area contributed by atoms with Crippen LogP contribution in [0.25, 0.3) is 11.3 Å². The quantitative estimate of drug-likeness (QED) is 0.277. The summed E-state index contributed by atoms with van der Waals surface area (Å²) in [6.45, 7) is 0. The normalized spacial score (nSPS) is 12.2. The highest BCUT2D eigenvalue weighted by Gasteiger charge is 2.22. The largest absolute Gasteiger partial charge is 0.480 e. The minimum absolute atomic E-state index is 0.162. The minimum atomic E-state index is -1.28. The lowest BCUT2D eigenvalue weighted by molar-refractivity contribution is -0.385. The van der Waals surface area contributed by atoms with Gasteiger partial charge in [0.25, 0.3) is 5.69 Å². The zero-order valence-corrected chi connectivity index (χ0v) is 16.9. The third-order valence-corrected chi connectivity index (χ3v) is 5.34. The lowest BCUT2D eigenvalue weighted by atomic mass is 10.0. The Morgan fingerprint density at radius 1 is 1.24 bits per heavy atom. The van der Waals surface area contributed by atoms with Crippen LogP contribution in [0.2, 0.25) is 10.0 Å². The number of aliphatic carboxylic acids is 1. The fourth-order valence-electron chi connectivity index (χ4n) is 2.46. The lowest BCUT2D eigenvalue weighted by Gasteiger charge is -2.06. The van der Waals surface area contributed by atoms with E-state index in [-0.39, 0.29) is 22.8 Å². The molecule has 8 nitrogen and oxygen atoms in total. The smallest absolute Gasteiger partial charge is 0.330 e. The van der Waals surface area contributed by atoms with Gasteiger partial charge in [-0.1, -0.05) is 47.5 Å². The van der Waals surface area contributed by atoms with E-state index in [9.17, 15) is 20.0 Å². The van der Waals surface area contributed by atoms with Crippen molar-refractivity contribution < 1.29 is 14.8 Å². The average molecular weight is 451 g/mol. The first-order chi connectivity index (χ1) is 13.8. The van der Waals surface area contributed by atoms with Crippen molar-refractivity contribution in [1.29, 1.82) is 0 Å². The lowest BCUT2D eigenvalue weighted by Crippen LogP contribution is -2.20. The molecular weight excluding hydrogens is 439 g/mol. The molecule has 0 spiro atoms. The summed E-state index contributed by atoms with van der Waals surface area (Å²) in [7, 11) is 0. The van der Waals surface area contributed by atoms with Crippen LogP contribution in [0.15, 0.2) is 58.1 Å². The SMILES string of the molecule is O=C(O)C(Cc1ccccc1[N+](=O)[O-])N=Nc1nc(-c2ccc(Cl)c(Cl)c2)cs1. The van der Waals surface area contributed by atoms with Gasteiger partial charge in [0.15, 0.2) is 6.04 Å². The molecule has 148 valence electrons. The number of carboxylic acids is 1. The Kier molecular flexibility index (Phi) is 6.53. The number of thiazole rings is 1. The molecule has 0 radical (unpaired) electrons. The second-order valence-corrected chi connectivity index (χ2v) is 7.45. The van der Waals surface area contributed by atoms with Crippen molar-refractivity contribution in [2.24, 2.45) is 10.2 Å². The molecule has 29 heavy (non-hydrogen) atoms. The summed E-state index contributed by atoms with van der Waals surface area (Å²) in [5.74, 6) is -1.24. The fraction of sp³-hybridized carbons (Fsp3) is 0.111. The zero-order chi connectivity index (χ0) is 21.0. The van der Waals surface area contributed by atoms with E-state index in [0.717, 1.165) is 5.56 Å². The van der Waals surface area contributed by atoms with E-state index in [2.05, 4.69) is 15.2 Å². The van der Waals surface area contributed by atoms with Gasteiger partial charge in [-0.25, -0.2) is 9.78 Å². The molecule has 1 unspecified atom stereocenters. The van der Waals surface area contributed by atoms with Gasteiger partial charge in [-0.05, 0) is 12.1 Å². The Labute approximate surface area is 178 Å². The van der Waals surface area contributed by atoms with E-state index in [1.807, 2.05) is 0 Å². The Morgan fingerprint density at radius 3 is 2.69 bits per heavy atom. The van der Waals surface area contributed by atoms with Gasteiger partial charge in [0.2, 0.25) is 5.13 Å². The number of nitrogens with zero attached hydrogens (tertiary/aromatic N) is 4. The Morgan fingerprint density at radius 2 is 2.00 bits per heavy atom. The summed E-state index contributed by atoms with van der Waals surface area (Å²) in [5.41, 5.74) is 1.42. The first kappa shape index (κ1) is 20.8. The maximum Gasteiger partial charge on any atom is 0.330 e. The maximum atomic E-state index is 11.5. The number of nitro benzene ring substituents is 1. The molecule has 3 aromatic rings. The number of nitro groups is 1. The number of aromatic nitrogens is 1. The summed E-state index contributed by atoms with van der Waals surface area (Å²) in [6.07, 6.45) is -0.166. The van der Waals surface area contributed by atoms with Crippen LogP contribution >= 0.6 is 34.5 Å². The van der Waals surface area contributed by atoms with Crippen molar-refractivity contribution in [3.63, 3.8) is 0 Å². The van der Waals surface area contributed by atoms with Crippen LogP contribution in [0.3, 0.4) is 0 Å². The van der Waals surface area contributed by atoms with E-state index in [4.69, 9.17) is 23.2 Å². The van der Waals surface area contributed by atoms with Gasteiger partial charge >= 0.3 is 5.97 Å². The summed E-state index contributed by atoms with van der Waals surface area (Å²) < 4.78 is 0. The summed E-state index contributed by atoms with van der Waals surface area (Å²) in [5, 5.41) is 31.0. The van der Waals surface area contributed by atoms with Crippen molar-refractivity contribution >= 4 is 51.3 Å². The van der Waals surface area contributed by atoms with Gasteiger partial charge in [-0.3, -0.25) is 10.1 Å². The molecule has 0 bridgehead atoms. The first-order valence-corrected chi connectivity index (χ1v) is 9.75. The van der Waals surface area contributed by atoms with Crippen molar-refractivity contribution in [1.82, 2.24) is 4.98 Å². The van der Waals surface area contributed by atoms with Crippen LogP contribution in [0.1, 0.15) is 5.56 Å². The molecule has 2 aromatic carbocycles. The number of hydrogen-bond donors (Lipinski definition) is 1. The monoisotopic (exact) mass is 450 g/mol. The van der Waals surface area contributed by atoms with Crippen LogP contribution in [0.5, 0.6) is 0 Å². The van der Waals surface area contributed by atoms with Crippen molar-refractivity contribution in [2.45, 2.75) is 12.5 Å². The molecule has 0 aliphatic carbocycles. The number of hydrogen-bond acceptors (Lipinski definition) is 7. The first-order valence-electron chi connectivity index (χ1n) is 8.12. The highest BCUT2D eigenvalue weighted by atomic mass is 35.5. The van der Waals surface area contributed by atoms with Crippen molar-refractivity contribution in [3.8, 4) is 11.3 Å². The molecule has 0 aliphatic heterocycles. The molecule has 1 aromatic heterocycles. The number of rotatable bonds is 7. The fourth-order valence-corrected chi connectivity index (χ4v) is 3.41. The van der Waals surface area contributed by atoms with E-state index in [1.54, 1.807) is 29.6 Å². The molecule has 1 N–H and O–H groups in total. The van der Waals surface area contributed by atoms with Gasteiger partial charge in [0.05, 0.1) is 20.7 Å². The van der Waals surface area contributed by atoms with Crippen LogP contribution in [0, 0.1) is 10.1 Å². The molecule has 0 amide bonds. The number of azo groups is 1. The molecule has 0 fully saturated rings. The van der Waals surface area contributed by atoms with Gasteiger partial charge in [0.1, 0.15) is 0 Å². The third-order valence-electron chi connectivity index (χ3n) is 3.88. The Hall–Kier alpha value is -2.88. The van der Waals surface area contributed by atoms with Crippen molar-refractivity contribution in [3.05, 3.63) is 73.6 Å². The van der Waals surface area contributed by atoms with E-state index >= 15 is 0 Å². The Bertz CT molecular complexity index is 1100. The standard InChI is InChI=1S/C18H12Cl2N4O4S/c19-12-6-5-10(7-13(12)20)15-9-29-18(21-15)23-22-14(17(25)26)8-11-3-1-2-4-16(11)24(27)28/h1-7,9,14H,8H2,(H,25,26). The summed E-state index contributed by atoms with van der Waals surface area (Å²) >= 11 is 13.1. The highest BCUT2D eigenvalue weighted by Crippen LogP contribution is 2.31. The molecule has 1 heterocycles. The molecule has 0 aliphatic rings. The van der Waals surface area contributed by atoms with Gasteiger partial charge in [-0.15, -0.1) is 16.5 Å². The average Bonchev–Trinajstić information content (AvgIpc) is 3.16. The number of para-hydroxylation sites is 1. The molecular formula is C18H12Cl2N4O4S. The molecule has 0 saturated heterocycles. The predicted octanol–water partition coefficient (Wildman–Crippen LogP) is 5.80. The minimum Gasteiger partial charge on any atom is -0.480 e. The van der Waals surface area contributed by atoms with E-state index in [0.29, 0.717) is 15.7 Å². The van der Waals surface area contributed by atoms with Crippen LogP contribution in [-0.4, -0.2) is 27.0 Å². The molecule has 11 heteroatoms. The second kappa shape index (κ2) is 9.08.